The Bertz CT molecular complexity index is 246. The highest BCUT2D eigenvalue weighted by Gasteiger charge is 1.90. The van der Waals surface area contributed by atoms with Gasteiger partial charge in [-0.15, -0.1) is 0 Å². The molecule has 0 amide bonds. The van der Waals surface area contributed by atoms with E-state index in [2.05, 4.69) is 24.3 Å². The maximum Gasteiger partial charge on any atom is 0.118 e. The van der Waals surface area contributed by atoms with Crippen molar-refractivity contribution in [3.8, 4) is 5.75 Å². The molecule has 0 aliphatic carbocycles. The summed E-state index contributed by atoms with van der Waals surface area (Å²) < 4.78 is 5.06. The minimum Gasteiger partial charge on any atom is -0.497 e. The molecular formula is C11H14O. The minimum absolute atomic E-state index is 0.916. The van der Waals surface area contributed by atoms with Gasteiger partial charge in [-0.3, -0.25) is 0 Å². The Morgan fingerprint density at radius 2 is 1.92 bits per heavy atom. The van der Waals surface area contributed by atoms with Crippen LogP contribution in [0.3, 0.4) is 0 Å². The molecule has 0 spiro atoms. The summed E-state index contributed by atoms with van der Waals surface area (Å²) in [6.45, 7) is 2.03. The Morgan fingerprint density at radius 3 is 2.42 bits per heavy atom. The lowest BCUT2D eigenvalue weighted by atomic mass is 10.1. The Hall–Kier alpha value is -1.24. The number of hydrogen-bond acceptors (Lipinski definition) is 1. The molecule has 0 N–H and O–H groups in total. The summed E-state index contributed by atoms with van der Waals surface area (Å²) in [7, 11) is 1.68. The van der Waals surface area contributed by atoms with Crippen LogP contribution < -0.4 is 4.74 Å². The van der Waals surface area contributed by atoms with Crippen molar-refractivity contribution in [3.05, 3.63) is 42.0 Å². The first kappa shape index (κ1) is 8.85. The summed E-state index contributed by atoms with van der Waals surface area (Å²) in [5.41, 5.74) is 1.31. The molecule has 0 saturated carbocycles. The quantitative estimate of drug-likeness (QED) is 0.621. The lowest BCUT2D eigenvalue weighted by molar-refractivity contribution is 0.414. The number of allylic oxidation sites excluding steroid dienone is 2. The largest absolute Gasteiger partial charge is 0.497 e. The lowest BCUT2D eigenvalue weighted by Gasteiger charge is -1.99. The van der Waals surface area contributed by atoms with Gasteiger partial charge in [0.15, 0.2) is 0 Å². The Kier molecular flexibility index (Phi) is 3.39. The van der Waals surface area contributed by atoms with Crippen molar-refractivity contribution in [1.82, 2.24) is 0 Å². The van der Waals surface area contributed by atoms with Crippen molar-refractivity contribution in [2.24, 2.45) is 0 Å². The van der Waals surface area contributed by atoms with E-state index in [4.69, 9.17) is 4.74 Å². The fourth-order valence-electron chi connectivity index (χ4n) is 1.02. The summed E-state index contributed by atoms with van der Waals surface area (Å²) in [6.07, 6.45) is 5.20. The second-order valence-electron chi connectivity index (χ2n) is 2.62. The third-order valence-corrected chi connectivity index (χ3v) is 1.75. The highest BCUT2D eigenvalue weighted by molar-refractivity contribution is 5.28. The van der Waals surface area contributed by atoms with E-state index in [9.17, 15) is 0 Å². The van der Waals surface area contributed by atoms with Gasteiger partial charge >= 0.3 is 0 Å². The molecule has 0 atom stereocenters. The van der Waals surface area contributed by atoms with E-state index in [-0.39, 0.29) is 0 Å². The highest BCUT2D eigenvalue weighted by Crippen LogP contribution is 2.11. The average molecular weight is 162 g/mol. The smallest absolute Gasteiger partial charge is 0.118 e. The van der Waals surface area contributed by atoms with E-state index >= 15 is 0 Å². The van der Waals surface area contributed by atoms with Gasteiger partial charge in [0.1, 0.15) is 5.75 Å². The molecule has 0 unspecified atom stereocenters. The molecule has 0 aromatic heterocycles. The van der Waals surface area contributed by atoms with E-state index in [1.165, 1.54) is 5.56 Å². The molecule has 0 saturated heterocycles. The van der Waals surface area contributed by atoms with E-state index in [0.29, 0.717) is 0 Å². The molecule has 12 heavy (non-hydrogen) atoms. The van der Waals surface area contributed by atoms with Crippen LogP contribution in [-0.2, 0) is 6.42 Å². The van der Waals surface area contributed by atoms with Gasteiger partial charge in [0.05, 0.1) is 7.11 Å². The molecule has 1 aromatic rings. The first-order chi connectivity index (χ1) is 5.86. The maximum atomic E-state index is 5.06. The van der Waals surface area contributed by atoms with Crippen LogP contribution in [0.15, 0.2) is 36.4 Å². The van der Waals surface area contributed by atoms with Crippen molar-refractivity contribution in [2.45, 2.75) is 13.3 Å². The summed E-state index contributed by atoms with van der Waals surface area (Å²) in [4.78, 5) is 0. The van der Waals surface area contributed by atoms with Gasteiger partial charge in [-0.05, 0) is 31.0 Å². The normalized spacial score (nSPS) is 10.5. The molecular weight excluding hydrogens is 148 g/mol. The zero-order valence-corrected chi connectivity index (χ0v) is 7.58. The van der Waals surface area contributed by atoms with Gasteiger partial charge in [0.2, 0.25) is 0 Å². The third-order valence-electron chi connectivity index (χ3n) is 1.75. The molecule has 0 heterocycles. The second-order valence-corrected chi connectivity index (χ2v) is 2.62. The van der Waals surface area contributed by atoms with Gasteiger partial charge in [-0.2, -0.15) is 0 Å². The van der Waals surface area contributed by atoms with Crippen LogP contribution in [0.2, 0.25) is 0 Å². The van der Waals surface area contributed by atoms with Crippen molar-refractivity contribution in [1.29, 1.82) is 0 Å². The van der Waals surface area contributed by atoms with E-state index in [0.717, 1.165) is 12.2 Å². The standard InChI is InChI=1S/C11H14O/c1-3-4-5-10-6-8-11(12-2)9-7-10/h3-4,6-9H,5H2,1-2H3/b4-3-. The monoisotopic (exact) mass is 162 g/mol. The highest BCUT2D eigenvalue weighted by atomic mass is 16.5. The fraction of sp³-hybridized carbons (Fsp3) is 0.273. The third kappa shape index (κ3) is 2.42. The first-order valence-electron chi connectivity index (χ1n) is 4.11. The summed E-state index contributed by atoms with van der Waals surface area (Å²) in [5.74, 6) is 0.916. The predicted molar refractivity (Wildman–Crippen MR) is 51.5 cm³/mol. The zero-order valence-electron chi connectivity index (χ0n) is 7.58. The average Bonchev–Trinajstić information content (AvgIpc) is 2.15. The van der Waals surface area contributed by atoms with Crippen LogP contribution in [0.5, 0.6) is 5.75 Å². The van der Waals surface area contributed by atoms with Crippen molar-refractivity contribution < 1.29 is 4.74 Å². The van der Waals surface area contributed by atoms with Gasteiger partial charge in [0.25, 0.3) is 0 Å². The van der Waals surface area contributed by atoms with Crippen LogP contribution in [0.25, 0.3) is 0 Å². The van der Waals surface area contributed by atoms with Crippen LogP contribution >= 0.6 is 0 Å². The van der Waals surface area contributed by atoms with Gasteiger partial charge in [-0.25, -0.2) is 0 Å². The molecule has 64 valence electrons. The molecule has 1 rings (SSSR count). The lowest BCUT2D eigenvalue weighted by Crippen LogP contribution is -1.84. The second kappa shape index (κ2) is 4.60. The summed E-state index contributed by atoms with van der Waals surface area (Å²) in [6, 6.07) is 8.13. The number of benzene rings is 1. The van der Waals surface area contributed by atoms with Gasteiger partial charge in [0, 0.05) is 0 Å². The van der Waals surface area contributed by atoms with Gasteiger partial charge in [-0.1, -0.05) is 24.3 Å². The summed E-state index contributed by atoms with van der Waals surface area (Å²) >= 11 is 0. The first-order valence-corrected chi connectivity index (χ1v) is 4.11. The van der Waals surface area contributed by atoms with Crippen LogP contribution in [-0.4, -0.2) is 7.11 Å². The van der Waals surface area contributed by atoms with Gasteiger partial charge < -0.3 is 4.74 Å². The molecule has 1 heteroatoms. The Morgan fingerprint density at radius 1 is 1.25 bits per heavy atom. The molecule has 0 radical (unpaired) electrons. The molecule has 0 fully saturated rings. The van der Waals surface area contributed by atoms with E-state index in [1.807, 2.05) is 19.1 Å². The summed E-state index contributed by atoms with van der Waals surface area (Å²) in [5, 5.41) is 0. The molecule has 0 bridgehead atoms. The SMILES string of the molecule is C/C=C\Cc1ccc(OC)cc1. The molecule has 0 aliphatic heterocycles. The number of methoxy groups -OCH3 is 1. The van der Waals surface area contributed by atoms with E-state index < -0.39 is 0 Å². The van der Waals surface area contributed by atoms with Crippen molar-refractivity contribution in [3.63, 3.8) is 0 Å². The Labute approximate surface area is 73.7 Å². The van der Waals surface area contributed by atoms with Crippen LogP contribution in [0.4, 0.5) is 0 Å². The van der Waals surface area contributed by atoms with Crippen LogP contribution in [0.1, 0.15) is 12.5 Å². The van der Waals surface area contributed by atoms with Crippen molar-refractivity contribution >= 4 is 0 Å². The molecule has 1 nitrogen and oxygen atoms in total. The maximum absolute atomic E-state index is 5.06. The Balaban J connectivity index is 2.64. The number of rotatable bonds is 3. The minimum atomic E-state index is 0.916. The number of ether oxygens (including phenoxy) is 1. The zero-order chi connectivity index (χ0) is 8.81. The van der Waals surface area contributed by atoms with E-state index in [1.54, 1.807) is 7.11 Å². The van der Waals surface area contributed by atoms with Crippen molar-refractivity contribution in [2.75, 3.05) is 7.11 Å². The number of hydrogen-bond donors (Lipinski definition) is 0. The predicted octanol–water partition coefficient (Wildman–Crippen LogP) is 2.81. The van der Waals surface area contributed by atoms with Crippen LogP contribution in [0, 0.1) is 0 Å². The topological polar surface area (TPSA) is 9.23 Å². The fourth-order valence-corrected chi connectivity index (χ4v) is 1.02. The molecule has 1 aromatic carbocycles. The molecule has 0 aliphatic rings.